The van der Waals surface area contributed by atoms with Gasteiger partial charge >= 0.3 is 0 Å². The molecule has 2 rings (SSSR count). The van der Waals surface area contributed by atoms with E-state index in [-0.39, 0.29) is 5.41 Å². The van der Waals surface area contributed by atoms with Gasteiger partial charge in [0.15, 0.2) is 0 Å². The molecule has 0 amide bonds. The lowest BCUT2D eigenvalue weighted by Crippen LogP contribution is -2.29. The molecule has 1 aromatic rings. The van der Waals surface area contributed by atoms with Gasteiger partial charge in [-0.25, -0.2) is 9.97 Å². The maximum absolute atomic E-state index is 12.5. The Bertz CT molecular complexity index is 426. The quantitative estimate of drug-likeness (QED) is 0.803. The molecular formula is C14H20N2O2. The Morgan fingerprint density at radius 1 is 1.39 bits per heavy atom. The summed E-state index contributed by atoms with van der Waals surface area (Å²) < 4.78 is 5.05. The van der Waals surface area contributed by atoms with Crippen LogP contribution in [0.25, 0.3) is 0 Å². The minimum atomic E-state index is -0.0990. The van der Waals surface area contributed by atoms with Gasteiger partial charge in [0.1, 0.15) is 12.1 Å². The van der Waals surface area contributed by atoms with Crippen molar-refractivity contribution in [2.75, 3.05) is 7.11 Å². The van der Waals surface area contributed by atoms with Crippen LogP contribution in [0.15, 0.2) is 12.4 Å². The van der Waals surface area contributed by atoms with E-state index in [1.54, 1.807) is 13.2 Å². The van der Waals surface area contributed by atoms with E-state index in [0.717, 1.165) is 25.0 Å². The van der Waals surface area contributed by atoms with Gasteiger partial charge < -0.3 is 4.74 Å². The lowest BCUT2D eigenvalue weighted by atomic mass is 9.77. The Morgan fingerprint density at radius 3 is 2.72 bits per heavy atom. The molecule has 1 saturated carbocycles. The number of hydrogen-bond acceptors (Lipinski definition) is 4. The first-order valence-electron chi connectivity index (χ1n) is 6.58. The van der Waals surface area contributed by atoms with E-state index >= 15 is 0 Å². The Kier molecular flexibility index (Phi) is 3.94. The minimum Gasteiger partial charge on any atom is -0.481 e. The van der Waals surface area contributed by atoms with Crippen molar-refractivity contribution in [2.45, 2.75) is 45.4 Å². The first kappa shape index (κ1) is 13.0. The molecule has 4 heteroatoms. The molecule has 1 aliphatic rings. The Balaban J connectivity index is 2.10. The van der Waals surface area contributed by atoms with Crippen LogP contribution < -0.4 is 4.74 Å². The summed E-state index contributed by atoms with van der Waals surface area (Å²) in [5, 5.41) is 0. The summed E-state index contributed by atoms with van der Waals surface area (Å²) in [7, 11) is 1.57. The SMILES string of the molecule is CCC1(C(=O)Cc2cc(OC)ncn2)CCCC1. The zero-order valence-electron chi connectivity index (χ0n) is 11.1. The molecular weight excluding hydrogens is 228 g/mol. The smallest absolute Gasteiger partial charge is 0.216 e. The topological polar surface area (TPSA) is 52.1 Å². The first-order chi connectivity index (χ1) is 8.70. The Labute approximate surface area is 108 Å². The summed E-state index contributed by atoms with van der Waals surface area (Å²) >= 11 is 0. The highest BCUT2D eigenvalue weighted by Gasteiger charge is 2.38. The van der Waals surface area contributed by atoms with Gasteiger partial charge in [-0.05, 0) is 19.3 Å². The number of rotatable bonds is 5. The zero-order chi connectivity index (χ0) is 13.0. The fourth-order valence-electron chi connectivity index (χ4n) is 2.82. The summed E-state index contributed by atoms with van der Waals surface area (Å²) in [6.07, 6.45) is 7.20. The molecule has 0 N–H and O–H groups in total. The van der Waals surface area contributed by atoms with Crippen LogP contribution in [-0.2, 0) is 11.2 Å². The van der Waals surface area contributed by atoms with E-state index in [4.69, 9.17) is 4.74 Å². The third-order valence-corrected chi connectivity index (χ3v) is 4.08. The number of ketones is 1. The van der Waals surface area contributed by atoms with E-state index in [1.807, 2.05) is 0 Å². The van der Waals surface area contributed by atoms with Crippen molar-refractivity contribution in [2.24, 2.45) is 5.41 Å². The number of nitrogens with zero attached hydrogens (tertiary/aromatic N) is 2. The van der Waals surface area contributed by atoms with Crippen molar-refractivity contribution in [3.8, 4) is 5.88 Å². The predicted octanol–water partition coefficient (Wildman–Crippen LogP) is 2.57. The minimum absolute atomic E-state index is 0.0990. The summed E-state index contributed by atoms with van der Waals surface area (Å²) in [6, 6.07) is 1.75. The van der Waals surface area contributed by atoms with Gasteiger partial charge in [-0.3, -0.25) is 4.79 Å². The Hall–Kier alpha value is -1.45. The van der Waals surface area contributed by atoms with E-state index in [1.165, 1.54) is 19.2 Å². The maximum atomic E-state index is 12.5. The molecule has 0 aliphatic heterocycles. The third-order valence-electron chi connectivity index (χ3n) is 4.08. The maximum Gasteiger partial charge on any atom is 0.216 e. The molecule has 0 saturated heterocycles. The summed E-state index contributed by atoms with van der Waals surface area (Å²) in [5.74, 6) is 0.841. The van der Waals surface area contributed by atoms with Crippen LogP contribution in [0.1, 0.15) is 44.7 Å². The van der Waals surface area contributed by atoms with Crippen molar-refractivity contribution in [1.82, 2.24) is 9.97 Å². The monoisotopic (exact) mass is 248 g/mol. The number of methoxy groups -OCH3 is 1. The lowest BCUT2D eigenvalue weighted by Gasteiger charge is -2.25. The number of ether oxygens (including phenoxy) is 1. The standard InChI is InChI=1S/C14H20N2O2/c1-3-14(6-4-5-7-14)12(17)8-11-9-13(18-2)16-10-15-11/h9-10H,3-8H2,1-2H3. The van der Waals surface area contributed by atoms with Crippen molar-refractivity contribution in [3.05, 3.63) is 18.1 Å². The molecule has 1 aliphatic carbocycles. The summed E-state index contributed by atoms with van der Waals surface area (Å²) in [4.78, 5) is 20.6. The van der Waals surface area contributed by atoms with Gasteiger partial charge in [0.05, 0.1) is 12.8 Å². The molecule has 0 spiro atoms. The van der Waals surface area contributed by atoms with Crippen molar-refractivity contribution < 1.29 is 9.53 Å². The second kappa shape index (κ2) is 5.46. The average molecular weight is 248 g/mol. The van der Waals surface area contributed by atoms with Crippen molar-refractivity contribution >= 4 is 5.78 Å². The molecule has 0 atom stereocenters. The van der Waals surface area contributed by atoms with E-state index in [0.29, 0.717) is 18.1 Å². The molecule has 1 aromatic heterocycles. The van der Waals surface area contributed by atoms with Crippen molar-refractivity contribution in [1.29, 1.82) is 0 Å². The first-order valence-corrected chi connectivity index (χ1v) is 6.58. The molecule has 98 valence electrons. The molecule has 0 aromatic carbocycles. The third kappa shape index (κ3) is 2.52. The van der Waals surface area contributed by atoms with Gasteiger partial charge in [0.25, 0.3) is 0 Å². The largest absolute Gasteiger partial charge is 0.481 e. The molecule has 18 heavy (non-hydrogen) atoms. The molecule has 0 bridgehead atoms. The fraction of sp³-hybridized carbons (Fsp3) is 0.643. The number of aromatic nitrogens is 2. The highest BCUT2D eigenvalue weighted by atomic mass is 16.5. The second-order valence-electron chi connectivity index (χ2n) is 4.99. The van der Waals surface area contributed by atoms with Crippen LogP contribution in [0.2, 0.25) is 0 Å². The van der Waals surface area contributed by atoms with Crippen LogP contribution >= 0.6 is 0 Å². The highest BCUT2D eigenvalue weighted by molar-refractivity contribution is 5.86. The number of carbonyl (C=O) groups is 1. The van der Waals surface area contributed by atoms with Gasteiger partial charge in [-0.2, -0.15) is 0 Å². The van der Waals surface area contributed by atoms with Crippen molar-refractivity contribution in [3.63, 3.8) is 0 Å². The fourth-order valence-corrected chi connectivity index (χ4v) is 2.82. The van der Waals surface area contributed by atoms with E-state index < -0.39 is 0 Å². The summed E-state index contributed by atoms with van der Waals surface area (Å²) in [5.41, 5.74) is 0.657. The lowest BCUT2D eigenvalue weighted by molar-refractivity contribution is -0.128. The molecule has 4 nitrogen and oxygen atoms in total. The number of hydrogen-bond donors (Lipinski definition) is 0. The van der Waals surface area contributed by atoms with Gasteiger partial charge in [0, 0.05) is 17.9 Å². The predicted molar refractivity (Wildman–Crippen MR) is 68.5 cm³/mol. The second-order valence-corrected chi connectivity index (χ2v) is 4.99. The van der Waals surface area contributed by atoms with Crippen LogP contribution in [0.3, 0.4) is 0 Å². The van der Waals surface area contributed by atoms with Gasteiger partial charge in [-0.15, -0.1) is 0 Å². The van der Waals surface area contributed by atoms with E-state index in [9.17, 15) is 4.79 Å². The van der Waals surface area contributed by atoms with Gasteiger partial charge in [-0.1, -0.05) is 19.8 Å². The molecule has 0 unspecified atom stereocenters. The zero-order valence-corrected chi connectivity index (χ0v) is 11.1. The van der Waals surface area contributed by atoms with Crippen LogP contribution in [0.5, 0.6) is 5.88 Å². The number of Topliss-reactive ketones (excluding diaryl/α,β-unsaturated/α-hetero) is 1. The van der Waals surface area contributed by atoms with Crippen LogP contribution in [-0.4, -0.2) is 22.9 Å². The molecule has 1 heterocycles. The number of carbonyl (C=O) groups excluding carboxylic acids is 1. The van der Waals surface area contributed by atoms with Crippen LogP contribution in [0, 0.1) is 5.41 Å². The Morgan fingerprint density at radius 2 is 2.11 bits per heavy atom. The van der Waals surface area contributed by atoms with Gasteiger partial charge in [0.2, 0.25) is 5.88 Å². The normalized spacial score (nSPS) is 17.7. The molecule has 1 fully saturated rings. The molecule has 0 radical (unpaired) electrons. The van der Waals surface area contributed by atoms with Crippen LogP contribution in [0.4, 0.5) is 0 Å². The van der Waals surface area contributed by atoms with E-state index in [2.05, 4.69) is 16.9 Å². The highest BCUT2D eigenvalue weighted by Crippen LogP contribution is 2.42. The average Bonchev–Trinajstić information content (AvgIpc) is 2.89. The summed E-state index contributed by atoms with van der Waals surface area (Å²) in [6.45, 7) is 2.11.